The number of nitrogens with one attached hydrogen (secondary N) is 1. The maximum atomic E-state index is 13.9. The predicted octanol–water partition coefficient (Wildman–Crippen LogP) is 5.23. The van der Waals surface area contributed by atoms with Gasteiger partial charge in [0.1, 0.15) is 5.52 Å². The number of fused-ring (bicyclic) bond motifs is 2. The SMILES string of the molecule is Cc1cc(-c2c[nH]c3ncc(-c4cc5c(c(C(F)F)c4)CCN(C)C5)nc23)ccc1C(=O)N(C)C. The lowest BCUT2D eigenvalue weighted by Crippen LogP contribution is -2.27. The topological polar surface area (TPSA) is 65.1 Å². The summed E-state index contributed by atoms with van der Waals surface area (Å²) in [5, 5.41) is 0. The molecule has 5 rings (SSSR count). The van der Waals surface area contributed by atoms with E-state index in [9.17, 15) is 13.6 Å². The van der Waals surface area contributed by atoms with Crippen molar-refractivity contribution in [2.24, 2.45) is 0 Å². The summed E-state index contributed by atoms with van der Waals surface area (Å²) in [5.41, 5.74) is 7.45. The standard InChI is InChI=1S/C27H27F2N5O/c1-15-9-16(5-6-19(15)27(35)33(2)3)22-12-30-26-24(22)32-23(13-31-26)17-10-18-14-34(4)8-7-20(18)21(11-17)25(28)29/h5-6,9-13,25H,7-8,14H2,1-4H3,(H,30,31). The molecule has 1 aliphatic heterocycles. The second-order valence-corrected chi connectivity index (χ2v) is 9.38. The average Bonchev–Trinajstić information content (AvgIpc) is 3.25. The number of amides is 1. The van der Waals surface area contributed by atoms with Crippen molar-refractivity contribution < 1.29 is 13.6 Å². The van der Waals surface area contributed by atoms with Gasteiger partial charge in [-0.2, -0.15) is 0 Å². The summed E-state index contributed by atoms with van der Waals surface area (Å²) in [4.78, 5) is 28.6. The number of halogens is 2. The molecule has 0 saturated heterocycles. The molecule has 8 heteroatoms. The van der Waals surface area contributed by atoms with E-state index in [0.717, 1.165) is 34.4 Å². The average molecular weight is 476 g/mol. The van der Waals surface area contributed by atoms with Crippen molar-refractivity contribution in [1.82, 2.24) is 24.8 Å². The van der Waals surface area contributed by atoms with E-state index in [1.807, 2.05) is 44.4 Å². The largest absolute Gasteiger partial charge is 0.345 e. The van der Waals surface area contributed by atoms with Crippen LogP contribution >= 0.6 is 0 Å². The van der Waals surface area contributed by atoms with Crippen LogP contribution in [-0.2, 0) is 13.0 Å². The van der Waals surface area contributed by atoms with Crippen LogP contribution in [-0.4, -0.2) is 58.3 Å². The molecule has 35 heavy (non-hydrogen) atoms. The van der Waals surface area contributed by atoms with Gasteiger partial charge in [-0.3, -0.25) is 4.79 Å². The number of carbonyl (C=O) groups excluding carboxylic acids is 1. The zero-order valence-electron chi connectivity index (χ0n) is 20.2. The molecule has 0 fully saturated rings. The second-order valence-electron chi connectivity index (χ2n) is 9.38. The van der Waals surface area contributed by atoms with Gasteiger partial charge in [0.05, 0.1) is 11.9 Å². The van der Waals surface area contributed by atoms with Crippen LogP contribution in [0.3, 0.4) is 0 Å². The maximum absolute atomic E-state index is 13.9. The van der Waals surface area contributed by atoms with E-state index in [2.05, 4.69) is 14.9 Å². The fraction of sp³-hybridized carbons (Fsp3) is 0.296. The van der Waals surface area contributed by atoms with Crippen molar-refractivity contribution >= 4 is 17.1 Å². The summed E-state index contributed by atoms with van der Waals surface area (Å²) in [6.45, 7) is 3.30. The van der Waals surface area contributed by atoms with Crippen LogP contribution in [0.4, 0.5) is 8.78 Å². The number of benzene rings is 2. The smallest absolute Gasteiger partial charge is 0.264 e. The van der Waals surface area contributed by atoms with E-state index < -0.39 is 6.43 Å². The normalized spacial score (nSPS) is 13.9. The maximum Gasteiger partial charge on any atom is 0.264 e. The molecule has 2 aromatic carbocycles. The molecule has 0 bridgehead atoms. The van der Waals surface area contributed by atoms with Gasteiger partial charge in [0.25, 0.3) is 12.3 Å². The highest BCUT2D eigenvalue weighted by Gasteiger charge is 2.23. The zero-order valence-corrected chi connectivity index (χ0v) is 20.2. The van der Waals surface area contributed by atoms with Gasteiger partial charge in [0, 0.05) is 55.6 Å². The lowest BCUT2D eigenvalue weighted by atomic mass is 9.91. The first-order valence-corrected chi connectivity index (χ1v) is 11.5. The number of hydrogen-bond donors (Lipinski definition) is 1. The summed E-state index contributed by atoms with van der Waals surface area (Å²) in [6, 6.07) is 9.19. The second kappa shape index (κ2) is 8.85. The Kier molecular flexibility index (Phi) is 5.84. The van der Waals surface area contributed by atoms with Crippen LogP contribution in [0.5, 0.6) is 0 Å². The van der Waals surface area contributed by atoms with E-state index in [4.69, 9.17) is 4.98 Å². The number of rotatable bonds is 4. The first-order valence-electron chi connectivity index (χ1n) is 11.5. The van der Waals surface area contributed by atoms with Gasteiger partial charge in [-0.05, 0) is 60.8 Å². The molecule has 2 aromatic heterocycles. The van der Waals surface area contributed by atoms with Crippen LogP contribution in [0.25, 0.3) is 33.5 Å². The lowest BCUT2D eigenvalue weighted by Gasteiger charge is -2.27. The number of aryl methyl sites for hydroxylation is 1. The minimum Gasteiger partial charge on any atom is -0.345 e. The molecule has 0 spiro atoms. The van der Waals surface area contributed by atoms with Crippen LogP contribution in [0.1, 0.15) is 39.0 Å². The lowest BCUT2D eigenvalue weighted by molar-refractivity contribution is 0.0827. The fourth-order valence-corrected chi connectivity index (χ4v) is 4.78. The molecule has 180 valence electrons. The van der Waals surface area contributed by atoms with Gasteiger partial charge in [-0.1, -0.05) is 12.1 Å². The van der Waals surface area contributed by atoms with Crippen molar-refractivity contribution in [3.8, 4) is 22.4 Å². The van der Waals surface area contributed by atoms with Gasteiger partial charge in [0.15, 0.2) is 5.65 Å². The van der Waals surface area contributed by atoms with Crippen molar-refractivity contribution in [2.45, 2.75) is 26.3 Å². The van der Waals surface area contributed by atoms with E-state index in [0.29, 0.717) is 41.0 Å². The number of hydrogen-bond acceptors (Lipinski definition) is 4. The van der Waals surface area contributed by atoms with E-state index in [1.165, 1.54) is 0 Å². The molecule has 1 amide bonds. The van der Waals surface area contributed by atoms with Crippen LogP contribution in [0.2, 0.25) is 0 Å². The summed E-state index contributed by atoms with van der Waals surface area (Å²) >= 11 is 0. The molecule has 1 N–H and O–H groups in total. The molecular weight excluding hydrogens is 448 g/mol. The van der Waals surface area contributed by atoms with Gasteiger partial charge in [0.2, 0.25) is 0 Å². The van der Waals surface area contributed by atoms with Crippen molar-refractivity contribution in [2.75, 3.05) is 27.7 Å². The quantitative estimate of drug-likeness (QED) is 0.439. The van der Waals surface area contributed by atoms with Crippen molar-refractivity contribution in [1.29, 1.82) is 0 Å². The van der Waals surface area contributed by atoms with Crippen LogP contribution in [0.15, 0.2) is 42.7 Å². The molecule has 4 aromatic rings. The first kappa shape index (κ1) is 23.1. The minimum atomic E-state index is -2.54. The van der Waals surface area contributed by atoms with Gasteiger partial charge < -0.3 is 14.8 Å². The predicted molar refractivity (Wildman–Crippen MR) is 133 cm³/mol. The molecule has 0 aliphatic carbocycles. The Balaban J connectivity index is 1.59. The highest BCUT2D eigenvalue weighted by molar-refractivity contribution is 5.97. The Bertz CT molecular complexity index is 1440. The molecule has 1 aliphatic rings. The molecule has 3 heterocycles. The first-order chi connectivity index (χ1) is 16.7. The number of H-pyrrole nitrogens is 1. The van der Waals surface area contributed by atoms with Crippen LogP contribution < -0.4 is 0 Å². The van der Waals surface area contributed by atoms with E-state index in [1.54, 1.807) is 31.3 Å². The summed E-state index contributed by atoms with van der Waals surface area (Å²) < 4.78 is 27.9. The van der Waals surface area contributed by atoms with Crippen molar-refractivity contribution in [3.05, 3.63) is 70.5 Å². The third-order valence-corrected chi connectivity index (χ3v) is 6.65. The van der Waals surface area contributed by atoms with E-state index in [-0.39, 0.29) is 11.5 Å². The number of aromatic amines is 1. The number of likely N-dealkylation sites (N-methyl/N-ethyl adjacent to an activating group) is 1. The Hall–Kier alpha value is -3.65. The summed E-state index contributed by atoms with van der Waals surface area (Å²) in [5.74, 6) is -0.0528. The molecule has 0 radical (unpaired) electrons. The third kappa shape index (κ3) is 4.18. The summed E-state index contributed by atoms with van der Waals surface area (Å²) in [7, 11) is 5.45. The van der Waals surface area contributed by atoms with E-state index >= 15 is 0 Å². The van der Waals surface area contributed by atoms with Crippen LogP contribution in [0, 0.1) is 6.92 Å². The molecule has 0 atom stereocenters. The Morgan fingerprint density at radius 3 is 2.69 bits per heavy atom. The van der Waals surface area contributed by atoms with Gasteiger partial charge in [-0.25, -0.2) is 18.7 Å². The monoisotopic (exact) mass is 475 g/mol. The third-order valence-electron chi connectivity index (χ3n) is 6.65. The number of aromatic nitrogens is 3. The summed E-state index contributed by atoms with van der Waals surface area (Å²) in [6.07, 6.45) is 1.53. The molecular formula is C27H27F2N5O. The Labute approximate surface area is 202 Å². The molecule has 0 saturated carbocycles. The number of alkyl halides is 2. The molecule has 0 unspecified atom stereocenters. The van der Waals surface area contributed by atoms with Crippen molar-refractivity contribution in [3.63, 3.8) is 0 Å². The Morgan fingerprint density at radius 2 is 1.97 bits per heavy atom. The van der Waals surface area contributed by atoms with Gasteiger partial charge >= 0.3 is 0 Å². The Morgan fingerprint density at radius 1 is 1.17 bits per heavy atom. The minimum absolute atomic E-state index is 0.0528. The highest BCUT2D eigenvalue weighted by Crippen LogP contribution is 2.35. The zero-order chi connectivity index (χ0) is 24.9. The molecule has 6 nitrogen and oxygen atoms in total. The van der Waals surface area contributed by atoms with Gasteiger partial charge in [-0.15, -0.1) is 0 Å². The number of nitrogens with zero attached hydrogens (tertiary/aromatic N) is 4. The highest BCUT2D eigenvalue weighted by atomic mass is 19.3. The number of carbonyl (C=O) groups is 1. The fourth-order valence-electron chi connectivity index (χ4n) is 4.78.